The molecule has 1 heterocycles. The number of aromatic nitrogens is 2. The van der Waals surface area contributed by atoms with Gasteiger partial charge in [-0.15, -0.1) is 0 Å². The van der Waals surface area contributed by atoms with Crippen LogP contribution >= 0.6 is 0 Å². The third-order valence-electron chi connectivity index (χ3n) is 3.78. The van der Waals surface area contributed by atoms with Crippen molar-refractivity contribution in [2.45, 2.75) is 37.6 Å². The number of benzene rings is 1. The lowest BCUT2D eigenvalue weighted by Gasteiger charge is -2.26. The zero-order chi connectivity index (χ0) is 11.8. The highest BCUT2D eigenvalue weighted by atomic mass is 16.1. The number of nitrogens with two attached hydrogens (primary N) is 1. The monoisotopic (exact) mass is 231 g/mol. The molecule has 2 aromatic rings. The van der Waals surface area contributed by atoms with Crippen molar-refractivity contribution in [2.24, 2.45) is 5.73 Å². The number of rotatable bonds is 1. The van der Waals surface area contributed by atoms with Gasteiger partial charge < -0.3 is 15.7 Å². The lowest BCUT2D eigenvalue weighted by molar-refractivity contribution is 0.396. The normalized spacial score (nSPS) is 25.2. The van der Waals surface area contributed by atoms with E-state index >= 15 is 0 Å². The van der Waals surface area contributed by atoms with Crippen molar-refractivity contribution >= 4 is 11.0 Å². The summed E-state index contributed by atoms with van der Waals surface area (Å²) < 4.78 is 0. The SMILES string of the molecule is NC1CCC(c2ccc3[nH]c(=O)[nH]c3c2)CC1. The Kier molecular flexibility index (Phi) is 2.52. The predicted octanol–water partition coefficient (Wildman–Crippen LogP) is 1.84. The average molecular weight is 231 g/mol. The number of H-pyrrole nitrogens is 2. The standard InChI is InChI=1S/C13H17N3O/c14-10-4-1-8(2-5-10)9-3-6-11-12(7-9)16-13(17)15-11/h3,6-8,10H,1-2,4-5,14H2,(H2,15,16,17). The first-order valence-electron chi connectivity index (χ1n) is 6.20. The van der Waals surface area contributed by atoms with Crippen LogP contribution in [0.15, 0.2) is 23.0 Å². The second-order valence-electron chi connectivity index (χ2n) is 5.00. The Bertz CT molecular complexity index is 576. The summed E-state index contributed by atoms with van der Waals surface area (Å²) in [6.07, 6.45) is 4.52. The average Bonchev–Trinajstić information content (AvgIpc) is 2.69. The molecule has 1 aromatic carbocycles. The van der Waals surface area contributed by atoms with Crippen molar-refractivity contribution in [3.63, 3.8) is 0 Å². The topological polar surface area (TPSA) is 74.7 Å². The molecule has 0 bridgehead atoms. The summed E-state index contributed by atoms with van der Waals surface area (Å²) >= 11 is 0. The van der Waals surface area contributed by atoms with Crippen LogP contribution in [0.1, 0.15) is 37.2 Å². The highest BCUT2D eigenvalue weighted by Gasteiger charge is 2.20. The van der Waals surface area contributed by atoms with Gasteiger partial charge in [-0.25, -0.2) is 4.79 Å². The Hall–Kier alpha value is -1.55. The van der Waals surface area contributed by atoms with Crippen LogP contribution in [0.2, 0.25) is 0 Å². The molecule has 0 amide bonds. The van der Waals surface area contributed by atoms with Gasteiger partial charge in [0.2, 0.25) is 0 Å². The number of nitrogens with one attached hydrogen (secondary N) is 2. The molecule has 1 aromatic heterocycles. The van der Waals surface area contributed by atoms with E-state index in [2.05, 4.69) is 22.1 Å². The molecule has 3 rings (SSSR count). The van der Waals surface area contributed by atoms with Crippen LogP contribution in [0.4, 0.5) is 0 Å². The van der Waals surface area contributed by atoms with Crippen molar-refractivity contribution in [3.05, 3.63) is 34.2 Å². The Morgan fingerprint density at radius 3 is 2.53 bits per heavy atom. The van der Waals surface area contributed by atoms with E-state index in [-0.39, 0.29) is 5.69 Å². The van der Waals surface area contributed by atoms with E-state index in [0.717, 1.165) is 36.7 Å². The molecule has 0 atom stereocenters. The van der Waals surface area contributed by atoms with Gasteiger partial charge in [0, 0.05) is 6.04 Å². The molecular weight excluding hydrogens is 214 g/mol. The van der Waals surface area contributed by atoms with Gasteiger partial charge in [0.25, 0.3) is 0 Å². The number of fused-ring (bicyclic) bond motifs is 1. The number of hydrogen-bond acceptors (Lipinski definition) is 2. The summed E-state index contributed by atoms with van der Waals surface area (Å²) in [4.78, 5) is 16.8. The maximum atomic E-state index is 11.2. The van der Waals surface area contributed by atoms with Crippen molar-refractivity contribution in [1.82, 2.24) is 9.97 Å². The molecule has 0 aliphatic heterocycles. The molecule has 4 nitrogen and oxygen atoms in total. The van der Waals surface area contributed by atoms with E-state index in [0.29, 0.717) is 12.0 Å². The molecule has 0 unspecified atom stereocenters. The first-order valence-corrected chi connectivity index (χ1v) is 6.20. The van der Waals surface area contributed by atoms with Crippen LogP contribution < -0.4 is 11.4 Å². The fourth-order valence-corrected chi connectivity index (χ4v) is 2.76. The second-order valence-corrected chi connectivity index (χ2v) is 5.00. The Balaban J connectivity index is 1.92. The molecule has 1 saturated carbocycles. The lowest BCUT2D eigenvalue weighted by Crippen LogP contribution is -2.25. The van der Waals surface area contributed by atoms with E-state index in [4.69, 9.17) is 5.73 Å². The first-order chi connectivity index (χ1) is 8.22. The Morgan fingerprint density at radius 1 is 1.06 bits per heavy atom. The maximum absolute atomic E-state index is 11.2. The van der Waals surface area contributed by atoms with Gasteiger partial charge in [-0.1, -0.05) is 6.07 Å². The fraction of sp³-hybridized carbons (Fsp3) is 0.462. The van der Waals surface area contributed by atoms with E-state index in [1.807, 2.05) is 6.07 Å². The quantitative estimate of drug-likeness (QED) is 0.700. The van der Waals surface area contributed by atoms with Crippen LogP contribution in [0.25, 0.3) is 11.0 Å². The van der Waals surface area contributed by atoms with Gasteiger partial charge in [0.15, 0.2) is 0 Å². The molecule has 1 aliphatic carbocycles. The number of imidazole rings is 1. The van der Waals surface area contributed by atoms with Gasteiger partial charge in [-0.2, -0.15) is 0 Å². The van der Waals surface area contributed by atoms with Gasteiger partial charge in [-0.3, -0.25) is 0 Å². The molecular formula is C13H17N3O. The zero-order valence-corrected chi connectivity index (χ0v) is 9.70. The van der Waals surface area contributed by atoms with E-state index in [1.54, 1.807) is 0 Å². The van der Waals surface area contributed by atoms with E-state index in [1.165, 1.54) is 5.56 Å². The van der Waals surface area contributed by atoms with Crippen molar-refractivity contribution in [2.75, 3.05) is 0 Å². The van der Waals surface area contributed by atoms with Gasteiger partial charge in [0.1, 0.15) is 0 Å². The van der Waals surface area contributed by atoms with Crippen LogP contribution in [0.5, 0.6) is 0 Å². The maximum Gasteiger partial charge on any atom is 0.323 e. The molecule has 0 radical (unpaired) electrons. The summed E-state index contributed by atoms with van der Waals surface area (Å²) in [6.45, 7) is 0. The van der Waals surface area contributed by atoms with Gasteiger partial charge >= 0.3 is 5.69 Å². The van der Waals surface area contributed by atoms with E-state index < -0.39 is 0 Å². The summed E-state index contributed by atoms with van der Waals surface area (Å²) in [5, 5.41) is 0. The van der Waals surface area contributed by atoms with E-state index in [9.17, 15) is 4.79 Å². The summed E-state index contributed by atoms with van der Waals surface area (Å²) in [5.41, 5.74) is 8.89. The van der Waals surface area contributed by atoms with Gasteiger partial charge in [-0.05, 0) is 49.3 Å². The molecule has 0 saturated heterocycles. The minimum atomic E-state index is -0.136. The highest BCUT2D eigenvalue weighted by molar-refractivity contribution is 5.75. The lowest BCUT2D eigenvalue weighted by atomic mass is 9.82. The minimum absolute atomic E-state index is 0.136. The van der Waals surface area contributed by atoms with Crippen molar-refractivity contribution < 1.29 is 0 Å². The van der Waals surface area contributed by atoms with Crippen molar-refractivity contribution in [3.8, 4) is 0 Å². The zero-order valence-electron chi connectivity index (χ0n) is 9.70. The molecule has 90 valence electrons. The van der Waals surface area contributed by atoms with Gasteiger partial charge in [0.05, 0.1) is 11.0 Å². The molecule has 1 fully saturated rings. The number of hydrogen-bond donors (Lipinski definition) is 3. The second kappa shape index (κ2) is 4.04. The smallest absolute Gasteiger partial charge is 0.323 e. The van der Waals surface area contributed by atoms with Crippen LogP contribution in [0, 0.1) is 0 Å². The third kappa shape index (κ3) is 2.00. The van der Waals surface area contributed by atoms with Crippen molar-refractivity contribution in [1.29, 1.82) is 0 Å². The predicted molar refractivity (Wildman–Crippen MR) is 68.1 cm³/mol. The summed E-state index contributed by atoms with van der Waals surface area (Å²) in [6, 6.07) is 6.57. The molecule has 4 heteroatoms. The Labute approximate surface area is 99.2 Å². The summed E-state index contributed by atoms with van der Waals surface area (Å²) in [7, 11) is 0. The molecule has 0 spiro atoms. The largest absolute Gasteiger partial charge is 0.328 e. The molecule has 4 N–H and O–H groups in total. The third-order valence-corrected chi connectivity index (χ3v) is 3.78. The highest BCUT2D eigenvalue weighted by Crippen LogP contribution is 2.32. The molecule has 17 heavy (non-hydrogen) atoms. The van der Waals surface area contributed by atoms with Crippen LogP contribution in [-0.2, 0) is 0 Å². The fourth-order valence-electron chi connectivity index (χ4n) is 2.76. The summed E-state index contributed by atoms with van der Waals surface area (Å²) in [5.74, 6) is 0.595. The van der Waals surface area contributed by atoms with Crippen LogP contribution in [-0.4, -0.2) is 16.0 Å². The molecule has 1 aliphatic rings. The number of aromatic amines is 2. The Morgan fingerprint density at radius 2 is 1.76 bits per heavy atom. The van der Waals surface area contributed by atoms with Crippen LogP contribution in [0.3, 0.4) is 0 Å². The minimum Gasteiger partial charge on any atom is -0.328 e. The first kappa shape index (κ1) is 10.6.